The van der Waals surface area contributed by atoms with Crippen LogP contribution in [0.2, 0.25) is 0 Å². The van der Waals surface area contributed by atoms with E-state index in [2.05, 4.69) is 5.32 Å². The molecule has 5 nitrogen and oxygen atoms in total. The standard InChI is InChI=1S/C20H21NO4/c1-2-25-17-9-4-3-8-16(17)14-6-5-7-15(12-14)18(22)21-13-20(10-11-20)19(23)24/h3-9,12H,2,10-11,13H2,1H3,(H,21,22)(H,23,24). The Morgan fingerprint density at radius 3 is 2.60 bits per heavy atom. The highest BCUT2D eigenvalue weighted by molar-refractivity contribution is 5.96. The van der Waals surface area contributed by atoms with Crippen molar-refractivity contribution in [2.45, 2.75) is 19.8 Å². The van der Waals surface area contributed by atoms with E-state index >= 15 is 0 Å². The second-order valence-corrected chi connectivity index (χ2v) is 6.28. The summed E-state index contributed by atoms with van der Waals surface area (Å²) in [5.41, 5.74) is 1.54. The van der Waals surface area contributed by atoms with Crippen molar-refractivity contribution in [2.24, 2.45) is 5.41 Å². The summed E-state index contributed by atoms with van der Waals surface area (Å²) in [5.74, 6) is -0.333. The van der Waals surface area contributed by atoms with Crippen LogP contribution in [-0.4, -0.2) is 30.1 Å². The molecule has 1 aliphatic rings. The number of amides is 1. The molecule has 0 spiro atoms. The van der Waals surface area contributed by atoms with Crippen molar-refractivity contribution in [3.63, 3.8) is 0 Å². The minimum Gasteiger partial charge on any atom is -0.493 e. The van der Waals surface area contributed by atoms with E-state index in [4.69, 9.17) is 4.74 Å². The summed E-state index contributed by atoms with van der Waals surface area (Å²) >= 11 is 0. The van der Waals surface area contributed by atoms with Crippen molar-refractivity contribution >= 4 is 11.9 Å². The number of carboxylic acids is 1. The molecule has 0 unspecified atom stereocenters. The van der Waals surface area contributed by atoms with Gasteiger partial charge in [0.05, 0.1) is 12.0 Å². The third-order valence-electron chi connectivity index (χ3n) is 4.52. The van der Waals surface area contributed by atoms with Gasteiger partial charge in [-0.25, -0.2) is 0 Å². The first kappa shape index (κ1) is 17.0. The lowest BCUT2D eigenvalue weighted by Gasteiger charge is -2.13. The Labute approximate surface area is 146 Å². The quantitative estimate of drug-likeness (QED) is 0.811. The van der Waals surface area contributed by atoms with E-state index in [-0.39, 0.29) is 12.5 Å². The highest BCUT2D eigenvalue weighted by atomic mass is 16.5. The maximum Gasteiger partial charge on any atom is 0.311 e. The molecular formula is C20H21NO4. The number of rotatable bonds is 7. The minimum absolute atomic E-state index is 0.168. The van der Waals surface area contributed by atoms with Crippen molar-refractivity contribution in [3.05, 3.63) is 54.1 Å². The van der Waals surface area contributed by atoms with Crippen molar-refractivity contribution in [1.29, 1.82) is 0 Å². The number of carbonyl (C=O) groups excluding carboxylic acids is 1. The third-order valence-corrected chi connectivity index (χ3v) is 4.52. The Morgan fingerprint density at radius 1 is 1.16 bits per heavy atom. The first-order chi connectivity index (χ1) is 12.1. The van der Waals surface area contributed by atoms with Gasteiger partial charge in [-0.3, -0.25) is 9.59 Å². The lowest BCUT2D eigenvalue weighted by molar-refractivity contribution is -0.143. The maximum absolute atomic E-state index is 12.4. The molecule has 3 rings (SSSR count). The predicted molar refractivity (Wildman–Crippen MR) is 94.7 cm³/mol. The smallest absolute Gasteiger partial charge is 0.311 e. The zero-order valence-corrected chi connectivity index (χ0v) is 14.1. The molecule has 130 valence electrons. The van der Waals surface area contributed by atoms with Gasteiger partial charge in [-0.2, -0.15) is 0 Å². The number of nitrogens with one attached hydrogen (secondary N) is 1. The number of hydrogen-bond donors (Lipinski definition) is 2. The minimum atomic E-state index is -0.841. The van der Waals surface area contributed by atoms with E-state index in [0.29, 0.717) is 25.0 Å². The second kappa shape index (κ2) is 6.97. The number of ether oxygens (including phenoxy) is 1. The molecule has 0 atom stereocenters. The number of hydrogen-bond acceptors (Lipinski definition) is 3. The molecule has 1 amide bonds. The molecule has 0 heterocycles. The van der Waals surface area contributed by atoms with E-state index in [1.807, 2.05) is 43.3 Å². The average molecular weight is 339 g/mol. The van der Waals surface area contributed by atoms with Gasteiger partial charge < -0.3 is 15.2 Å². The number of carbonyl (C=O) groups is 2. The fraction of sp³-hybridized carbons (Fsp3) is 0.300. The van der Waals surface area contributed by atoms with Gasteiger partial charge in [0.2, 0.25) is 0 Å². The van der Waals surface area contributed by atoms with Crippen LogP contribution in [-0.2, 0) is 4.79 Å². The fourth-order valence-electron chi connectivity index (χ4n) is 2.78. The molecule has 0 aromatic heterocycles. The average Bonchev–Trinajstić information content (AvgIpc) is 3.42. The second-order valence-electron chi connectivity index (χ2n) is 6.28. The van der Waals surface area contributed by atoms with Crippen LogP contribution in [0.15, 0.2) is 48.5 Å². The van der Waals surface area contributed by atoms with Crippen molar-refractivity contribution in [3.8, 4) is 16.9 Å². The van der Waals surface area contributed by atoms with Crippen molar-refractivity contribution in [1.82, 2.24) is 5.32 Å². The summed E-state index contributed by atoms with van der Waals surface area (Å²) in [7, 11) is 0. The molecule has 25 heavy (non-hydrogen) atoms. The van der Waals surface area contributed by atoms with Crippen molar-refractivity contribution in [2.75, 3.05) is 13.2 Å². The highest BCUT2D eigenvalue weighted by Crippen LogP contribution is 2.45. The lowest BCUT2D eigenvalue weighted by atomic mass is 10.0. The van der Waals surface area contributed by atoms with Gasteiger partial charge in [-0.15, -0.1) is 0 Å². The Kier molecular flexibility index (Phi) is 4.74. The summed E-state index contributed by atoms with van der Waals surface area (Å²) in [6, 6.07) is 14.9. The first-order valence-electron chi connectivity index (χ1n) is 8.39. The molecule has 5 heteroatoms. The topological polar surface area (TPSA) is 75.6 Å². The molecule has 2 aromatic rings. The van der Waals surface area contributed by atoms with Crippen LogP contribution >= 0.6 is 0 Å². The van der Waals surface area contributed by atoms with Crippen LogP contribution < -0.4 is 10.1 Å². The summed E-state index contributed by atoms with van der Waals surface area (Å²) in [4.78, 5) is 23.6. The van der Waals surface area contributed by atoms with E-state index in [1.165, 1.54) is 0 Å². The largest absolute Gasteiger partial charge is 0.493 e. The normalized spacial score (nSPS) is 14.6. The molecule has 1 saturated carbocycles. The van der Waals surface area contributed by atoms with Gasteiger partial charge in [0, 0.05) is 17.7 Å². The van der Waals surface area contributed by atoms with Gasteiger partial charge in [0.25, 0.3) is 5.91 Å². The van der Waals surface area contributed by atoms with E-state index in [1.54, 1.807) is 12.1 Å². The highest BCUT2D eigenvalue weighted by Gasteiger charge is 2.50. The van der Waals surface area contributed by atoms with Gasteiger partial charge in [-0.05, 0) is 43.5 Å². The monoisotopic (exact) mass is 339 g/mol. The van der Waals surface area contributed by atoms with E-state index < -0.39 is 11.4 Å². The zero-order valence-electron chi connectivity index (χ0n) is 14.1. The maximum atomic E-state index is 12.4. The molecule has 0 aliphatic heterocycles. The SMILES string of the molecule is CCOc1ccccc1-c1cccc(C(=O)NCC2(C(=O)O)CC2)c1. The van der Waals surface area contributed by atoms with Crippen molar-refractivity contribution < 1.29 is 19.4 Å². The molecule has 1 fully saturated rings. The summed E-state index contributed by atoms with van der Waals surface area (Å²) in [6.45, 7) is 2.66. The van der Waals surface area contributed by atoms with E-state index in [0.717, 1.165) is 16.9 Å². The fourth-order valence-corrected chi connectivity index (χ4v) is 2.78. The Morgan fingerprint density at radius 2 is 1.92 bits per heavy atom. The zero-order chi connectivity index (χ0) is 17.9. The third kappa shape index (κ3) is 3.65. The Hall–Kier alpha value is -2.82. The van der Waals surface area contributed by atoms with Crippen LogP contribution in [0.25, 0.3) is 11.1 Å². The lowest BCUT2D eigenvalue weighted by Crippen LogP contribution is -2.34. The molecule has 0 radical (unpaired) electrons. The van der Waals surface area contributed by atoms with Crippen LogP contribution in [0, 0.1) is 5.41 Å². The molecule has 2 N–H and O–H groups in total. The summed E-state index contributed by atoms with van der Waals surface area (Å²) in [5, 5.41) is 11.9. The molecule has 2 aromatic carbocycles. The number of carboxylic acid groups (broad SMARTS) is 1. The number of benzene rings is 2. The number of aliphatic carboxylic acids is 1. The molecule has 0 bridgehead atoms. The summed E-state index contributed by atoms with van der Waals surface area (Å²) in [6.07, 6.45) is 1.23. The van der Waals surface area contributed by atoms with Crippen LogP contribution in [0.4, 0.5) is 0 Å². The summed E-state index contributed by atoms with van der Waals surface area (Å²) < 4.78 is 5.65. The molecule has 0 saturated heterocycles. The van der Waals surface area contributed by atoms with Gasteiger partial charge in [0.1, 0.15) is 5.75 Å². The van der Waals surface area contributed by atoms with E-state index in [9.17, 15) is 14.7 Å². The number of para-hydroxylation sites is 1. The van der Waals surface area contributed by atoms with Crippen LogP contribution in [0.1, 0.15) is 30.1 Å². The first-order valence-corrected chi connectivity index (χ1v) is 8.39. The van der Waals surface area contributed by atoms with Gasteiger partial charge >= 0.3 is 5.97 Å². The predicted octanol–water partition coefficient (Wildman–Crippen LogP) is 3.35. The molecular weight excluding hydrogens is 318 g/mol. The van der Waals surface area contributed by atoms with Crippen LogP contribution in [0.3, 0.4) is 0 Å². The van der Waals surface area contributed by atoms with Crippen LogP contribution in [0.5, 0.6) is 5.75 Å². The Bertz CT molecular complexity index is 796. The Balaban J connectivity index is 1.78. The van der Waals surface area contributed by atoms with Gasteiger partial charge in [0.15, 0.2) is 0 Å². The van der Waals surface area contributed by atoms with Gasteiger partial charge in [-0.1, -0.05) is 30.3 Å². The molecule has 1 aliphatic carbocycles.